The Morgan fingerprint density at radius 3 is 2.56 bits per heavy atom. The molecule has 0 aliphatic rings. The van der Waals surface area contributed by atoms with E-state index < -0.39 is 0 Å². The van der Waals surface area contributed by atoms with Gasteiger partial charge in [-0.2, -0.15) is 0 Å². The fourth-order valence-corrected chi connectivity index (χ4v) is 2.97. The van der Waals surface area contributed by atoms with Crippen LogP contribution in [0, 0.1) is 6.92 Å². The first kappa shape index (κ1) is 17.4. The van der Waals surface area contributed by atoms with Gasteiger partial charge >= 0.3 is 0 Å². The standard InChI is InChI=1S/C21H25N3O/c1-4-5-14-22-16(3)20-23-19-9-7-6-8-18(19)21(25)24(20)17-12-10-15(2)11-13-17/h6-13,16,22H,4-5,14H2,1-3H3/t16-/m0/s1. The second-order valence-corrected chi connectivity index (χ2v) is 6.49. The minimum atomic E-state index is -0.0198. The van der Waals surface area contributed by atoms with Crippen LogP contribution in [0.25, 0.3) is 16.6 Å². The maximum atomic E-state index is 13.2. The van der Waals surface area contributed by atoms with Gasteiger partial charge in [0.15, 0.2) is 0 Å². The lowest BCUT2D eigenvalue weighted by Gasteiger charge is -2.19. The monoisotopic (exact) mass is 335 g/mol. The summed E-state index contributed by atoms with van der Waals surface area (Å²) >= 11 is 0. The van der Waals surface area contributed by atoms with Crippen LogP contribution in [0.2, 0.25) is 0 Å². The lowest BCUT2D eigenvalue weighted by molar-refractivity contribution is 0.520. The van der Waals surface area contributed by atoms with E-state index in [2.05, 4.69) is 19.2 Å². The van der Waals surface area contributed by atoms with Crippen LogP contribution in [-0.4, -0.2) is 16.1 Å². The zero-order valence-electron chi connectivity index (χ0n) is 15.1. The fourth-order valence-electron chi connectivity index (χ4n) is 2.97. The molecule has 0 radical (unpaired) electrons. The highest BCUT2D eigenvalue weighted by Crippen LogP contribution is 2.18. The molecule has 0 spiro atoms. The van der Waals surface area contributed by atoms with Crippen molar-refractivity contribution in [2.45, 2.75) is 39.7 Å². The molecule has 3 aromatic rings. The van der Waals surface area contributed by atoms with Gasteiger partial charge in [0.2, 0.25) is 0 Å². The Kier molecular flexibility index (Phi) is 5.29. The van der Waals surface area contributed by atoms with Gasteiger partial charge in [-0.25, -0.2) is 4.98 Å². The van der Waals surface area contributed by atoms with E-state index >= 15 is 0 Å². The van der Waals surface area contributed by atoms with Gasteiger partial charge < -0.3 is 5.32 Å². The molecule has 0 bridgehead atoms. The number of benzene rings is 2. The second kappa shape index (κ2) is 7.62. The van der Waals surface area contributed by atoms with Crippen molar-refractivity contribution in [1.29, 1.82) is 0 Å². The Labute approximate surface area is 148 Å². The first-order valence-electron chi connectivity index (χ1n) is 8.94. The summed E-state index contributed by atoms with van der Waals surface area (Å²) in [5, 5.41) is 4.14. The van der Waals surface area contributed by atoms with Crippen LogP contribution in [0.1, 0.15) is 44.1 Å². The van der Waals surface area contributed by atoms with Crippen molar-refractivity contribution in [3.8, 4) is 5.69 Å². The van der Waals surface area contributed by atoms with Crippen molar-refractivity contribution >= 4 is 10.9 Å². The molecule has 0 aliphatic carbocycles. The first-order valence-corrected chi connectivity index (χ1v) is 8.94. The van der Waals surface area contributed by atoms with E-state index in [-0.39, 0.29) is 11.6 Å². The number of hydrogen-bond donors (Lipinski definition) is 1. The van der Waals surface area contributed by atoms with Gasteiger partial charge in [-0.3, -0.25) is 9.36 Å². The first-order chi connectivity index (χ1) is 12.1. The molecule has 0 amide bonds. The maximum Gasteiger partial charge on any atom is 0.266 e. The molecule has 25 heavy (non-hydrogen) atoms. The summed E-state index contributed by atoms with van der Waals surface area (Å²) in [5.74, 6) is 0.753. The third-order valence-corrected chi connectivity index (χ3v) is 4.46. The number of para-hydroxylation sites is 1. The molecule has 3 rings (SSSR count). The number of aromatic nitrogens is 2. The van der Waals surface area contributed by atoms with Crippen molar-refractivity contribution in [2.24, 2.45) is 0 Å². The summed E-state index contributed by atoms with van der Waals surface area (Å²) in [6, 6.07) is 15.5. The molecule has 130 valence electrons. The van der Waals surface area contributed by atoms with Crippen LogP contribution in [0.5, 0.6) is 0 Å². The van der Waals surface area contributed by atoms with Gasteiger partial charge in [0.05, 0.1) is 22.6 Å². The average molecular weight is 335 g/mol. The third kappa shape index (κ3) is 3.64. The highest BCUT2D eigenvalue weighted by molar-refractivity contribution is 5.77. The maximum absolute atomic E-state index is 13.2. The number of rotatable bonds is 6. The van der Waals surface area contributed by atoms with Crippen molar-refractivity contribution in [3.63, 3.8) is 0 Å². The number of nitrogens with zero attached hydrogens (tertiary/aromatic N) is 2. The topological polar surface area (TPSA) is 46.9 Å². The van der Waals surface area contributed by atoms with Crippen LogP contribution in [0.3, 0.4) is 0 Å². The molecule has 4 nitrogen and oxygen atoms in total. The Hall–Kier alpha value is -2.46. The Bertz CT molecular complexity index is 913. The summed E-state index contributed by atoms with van der Waals surface area (Å²) in [6.45, 7) is 7.19. The number of unbranched alkanes of at least 4 members (excludes halogenated alkanes) is 1. The molecule has 0 fully saturated rings. The Morgan fingerprint density at radius 2 is 1.84 bits per heavy atom. The van der Waals surface area contributed by atoms with Crippen molar-refractivity contribution in [2.75, 3.05) is 6.54 Å². The van der Waals surface area contributed by atoms with Crippen molar-refractivity contribution in [1.82, 2.24) is 14.9 Å². The Morgan fingerprint density at radius 1 is 1.12 bits per heavy atom. The largest absolute Gasteiger partial charge is 0.308 e. The molecular formula is C21H25N3O. The van der Waals surface area contributed by atoms with E-state index in [0.29, 0.717) is 5.39 Å². The van der Waals surface area contributed by atoms with Gasteiger partial charge in [-0.15, -0.1) is 0 Å². The zero-order chi connectivity index (χ0) is 17.8. The second-order valence-electron chi connectivity index (χ2n) is 6.49. The molecule has 0 unspecified atom stereocenters. The molecule has 0 saturated heterocycles. The van der Waals surface area contributed by atoms with E-state index in [4.69, 9.17) is 4.98 Å². The van der Waals surface area contributed by atoms with E-state index in [9.17, 15) is 4.79 Å². The number of fused-ring (bicyclic) bond motifs is 1. The summed E-state index contributed by atoms with van der Waals surface area (Å²) < 4.78 is 1.74. The van der Waals surface area contributed by atoms with E-state index in [1.807, 2.05) is 55.5 Å². The molecule has 4 heteroatoms. The van der Waals surface area contributed by atoms with Gasteiger partial charge in [0, 0.05) is 0 Å². The van der Waals surface area contributed by atoms with Crippen LogP contribution in [-0.2, 0) is 0 Å². The highest BCUT2D eigenvalue weighted by atomic mass is 16.1. The smallest absolute Gasteiger partial charge is 0.266 e. The predicted octanol–water partition coefficient (Wildman–Crippen LogP) is 4.14. The molecular weight excluding hydrogens is 310 g/mol. The number of hydrogen-bond acceptors (Lipinski definition) is 3. The number of aryl methyl sites for hydroxylation is 1. The molecule has 1 atom stereocenters. The Balaban J connectivity index is 2.17. The SMILES string of the molecule is CCCCN[C@@H](C)c1nc2ccccc2c(=O)n1-c1ccc(C)cc1. The molecule has 1 heterocycles. The minimum Gasteiger partial charge on any atom is -0.308 e. The highest BCUT2D eigenvalue weighted by Gasteiger charge is 2.17. The van der Waals surface area contributed by atoms with Crippen LogP contribution < -0.4 is 10.9 Å². The molecule has 2 aromatic carbocycles. The van der Waals surface area contributed by atoms with E-state index in [1.54, 1.807) is 4.57 Å². The summed E-state index contributed by atoms with van der Waals surface area (Å²) in [7, 11) is 0. The lowest BCUT2D eigenvalue weighted by atomic mass is 10.2. The number of nitrogens with one attached hydrogen (secondary N) is 1. The van der Waals surface area contributed by atoms with Gasteiger partial charge in [-0.1, -0.05) is 43.2 Å². The molecule has 0 aliphatic heterocycles. The third-order valence-electron chi connectivity index (χ3n) is 4.46. The molecule has 1 N–H and O–H groups in total. The van der Waals surface area contributed by atoms with E-state index in [1.165, 1.54) is 5.56 Å². The predicted molar refractivity (Wildman–Crippen MR) is 103 cm³/mol. The fraction of sp³-hybridized carbons (Fsp3) is 0.333. The lowest BCUT2D eigenvalue weighted by Crippen LogP contribution is -2.30. The van der Waals surface area contributed by atoms with Crippen molar-refractivity contribution in [3.05, 3.63) is 70.3 Å². The van der Waals surface area contributed by atoms with Crippen molar-refractivity contribution < 1.29 is 0 Å². The van der Waals surface area contributed by atoms with E-state index in [0.717, 1.165) is 36.4 Å². The summed E-state index contributed by atoms with van der Waals surface area (Å²) in [5.41, 5.74) is 2.75. The normalized spacial score (nSPS) is 12.4. The average Bonchev–Trinajstić information content (AvgIpc) is 2.63. The molecule has 0 saturated carbocycles. The van der Waals surface area contributed by atoms with Crippen LogP contribution in [0.15, 0.2) is 53.3 Å². The van der Waals surface area contributed by atoms with Gasteiger partial charge in [0.1, 0.15) is 5.82 Å². The summed E-state index contributed by atoms with van der Waals surface area (Å²) in [6.07, 6.45) is 2.24. The van der Waals surface area contributed by atoms with Gasteiger partial charge in [0.25, 0.3) is 5.56 Å². The van der Waals surface area contributed by atoms with Crippen LogP contribution >= 0.6 is 0 Å². The summed E-state index contributed by atoms with van der Waals surface area (Å²) in [4.78, 5) is 18.0. The zero-order valence-corrected chi connectivity index (χ0v) is 15.1. The quantitative estimate of drug-likeness (QED) is 0.689. The van der Waals surface area contributed by atoms with Crippen LogP contribution in [0.4, 0.5) is 0 Å². The van der Waals surface area contributed by atoms with Gasteiger partial charge in [-0.05, 0) is 51.1 Å². The minimum absolute atomic E-state index is 0.00911. The molecule has 1 aromatic heterocycles.